The van der Waals surface area contributed by atoms with Gasteiger partial charge < -0.3 is 0 Å². The van der Waals surface area contributed by atoms with Gasteiger partial charge in [-0.15, -0.1) is 0 Å². The van der Waals surface area contributed by atoms with Crippen LogP contribution in [0.2, 0.25) is 0 Å². The van der Waals surface area contributed by atoms with E-state index in [2.05, 4.69) is 6.92 Å². The van der Waals surface area contributed by atoms with Crippen LogP contribution in [0.3, 0.4) is 0 Å². The maximum Gasteiger partial charge on any atom is 0.162 e. The van der Waals surface area contributed by atoms with E-state index in [1.807, 2.05) is 0 Å². The van der Waals surface area contributed by atoms with Crippen molar-refractivity contribution >= 4 is 0 Å². The van der Waals surface area contributed by atoms with Crippen molar-refractivity contribution in [2.75, 3.05) is 0 Å². The zero-order valence-electron chi connectivity index (χ0n) is 17.2. The topological polar surface area (TPSA) is 0 Å². The molecule has 0 spiro atoms. The fourth-order valence-electron chi connectivity index (χ4n) is 5.40. The summed E-state index contributed by atoms with van der Waals surface area (Å²) in [5.41, 5.74) is 1.70. The summed E-state index contributed by atoms with van der Waals surface area (Å²) >= 11 is 0. The molecule has 1 atom stereocenters. The van der Waals surface area contributed by atoms with Gasteiger partial charge in [-0.1, -0.05) is 83.6 Å². The highest BCUT2D eigenvalue weighted by molar-refractivity contribution is 5.32. The second kappa shape index (κ2) is 10.6. The summed E-state index contributed by atoms with van der Waals surface area (Å²) in [6.45, 7) is 2.28. The average Bonchev–Trinajstić information content (AvgIpc) is 2.70. The molecule has 0 amide bonds. The predicted octanol–water partition coefficient (Wildman–Crippen LogP) is 8.02. The smallest absolute Gasteiger partial charge is 0.162 e. The summed E-state index contributed by atoms with van der Waals surface area (Å²) in [6, 6.07) is 3.07. The first-order chi connectivity index (χ1) is 13.2. The maximum absolute atomic E-state index is 14.1. The van der Waals surface area contributed by atoms with E-state index >= 15 is 0 Å². The highest BCUT2D eigenvalue weighted by Crippen LogP contribution is 2.37. The summed E-state index contributed by atoms with van der Waals surface area (Å²) < 4.78 is 27.6. The lowest BCUT2D eigenvalue weighted by molar-refractivity contribution is 0.233. The first-order valence-electron chi connectivity index (χ1n) is 11.6. The zero-order chi connectivity index (χ0) is 19.1. The molecule has 1 unspecified atom stereocenters. The van der Waals surface area contributed by atoms with Gasteiger partial charge in [-0.2, -0.15) is 0 Å². The van der Waals surface area contributed by atoms with E-state index in [0.29, 0.717) is 11.5 Å². The molecule has 0 nitrogen and oxygen atoms in total. The Labute approximate surface area is 165 Å². The van der Waals surface area contributed by atoms with Crippen LogP contribution in [0.4, 0.5) is 8.78 Å². The van der Waals surface area contributed by atoms with Crippen LogP contribution < -0.4 is 0 Å². The van der Waals surface area contributed by atoms with Gasteiger partial charge in [0.1, 0.15) is 0 Å². The zero-order valence-corrected chi connectivity index (χ0v) is 17.2. The highest BCUT2D eigenvalue weighted by Gasteiger charge is 2.25. The largest absolute Gasteiger partial charge is 0.204 e. The van der Waals surface area contributed by atoms with E-state index in [-0.39, 0.29) is 0 Å². The number of fused-ring (bicyclic) bond motifs is 1. The molecule has 2 heteroatoms. The summed E-state index contributed by atoms with van der Waals surface area (Å²) in [5, 5.41) is 0. The molecule has 1 aromatic carbocycles. The monoisotopic (exact) mass is 376 g/mol. The van der Waals surface area contributed by atoms with Crippen LogP contribution in [0, 0.1) is 29.4 Å². The molecule has 1 aromatic rings. The molecular formula is C25H38F2. The first kappa shape index (κ1) is 20.8. The van der Waals surface area contributed by atoms with Gasteiger partial charge in [0.15, 0.2) is 11.6 Å². The Bertz CT molecular complexity index is 572. The summed E-state index contributed by atoms with van der Waals surface area (Å²) in [4.78, 5) is 0. The lowest BCUT2D eigenvalue weighted by atomic mass is 9.75. The number of unbranched alkanes of at least 4 members (excludes halogenated alkanes) is 4. The molecule has 0 aromatic heterocycles. The molecule has 0 N–H and O–H groups in total. The van der Waals surface area contributed by atoms with Gasteiger partial charge in [0, 0.05) is 0 Å². The van der Waals surface area contributed by atoms with Crippen molar-refractivity contribution in [1.82, 2.24) is 0 Å². The number of halogens is 2. The Morgan fingerprint density at radius 3 is 2.19 bits per heavy atom. The van der Waals surface area contributed by atoms with Crippen LogP contribution in [0.5, 0.6) is 0 Å². The van der Waals surface area contributed by atoms with Crippen LogP contribution in [-0.2, 0) is 12.8 Å². The van der Waals surface area contributed by atoms with Gasteiger partial charge in [-0.25, -0.2) is 8.78 Å². The first-order valence-corrected chi connectivity index (χ1v) is 11.6. The molecule has 3 rings (SSSR count). The average molecular weight is 377 g/mol. The van der Waals surface area contributed by atoms with Gasteiger partial charge >= 0.3 is 0 Å². The van der Waals surface area contributed by atoms with Crippen molar-refractivity contribution in [1.29, 1.82) is 0 Å². The fraction of sp³-hybridized carbons (Fsp3) is 0.760. The Morgan fingerprint density at radius 2 is 1.44 bits per heavy atom. The molecule has 0 heterocycles. The highest BCUT2D eigenvalue weighted by atomic mass is 19.2. The molecule has 1 fully saturated rings. The van der Waals surface area contributed by atoms with Crippen LogP contribution in [-0.4, -0.2) is 0 Å². The van der Waals surface area contributed by atoms with Crippen LogP contribution >= 0.6 is 0 Å². The number of hydrogen-bond acceptors (Lipinski definition) is 0. The van der Waals surface area contributed by atoms with Crippen molar-refractivity contribution in [3.63, 3.8) is 0 Å². The number of benzene rings is 1. The van der Waals surface area contributed by atoms with Crippen molar-refractivity contribution in [3.8, 4) is 0 Å². The second-order valence-electron chi connectivity index (χ2n) is 9.27. The van der Waals surface area contributed by atoms with Crippen LogP contribution in [0.25, 0.3) is 0 Å². The van der Waals surface area contributed by atoms with E-state index in [4.69, 9.17) is 0 Å². The summed E-state index contributed by atoms with van der Waals surface area (Å²) in [6.07, 6.45) is 19.4. The molecule has 0 radical (unpaired) electrons. The molecule has 152 valence electrons. The van der Waals surface area contributed by atoms with Gasteiger partial charge in [-0.3, -0.25) is 0 Å². The van der Waals surface area contributed by atoms with Crippen LogP contribution in [0.1, 0.15) is 102 Å². The predicted molar refractivity (Wildman–Crippen MR) is 110 cm³/mol. The lowest BCUT2D eigenvalue weighted by Gasteiger charge is -2.31. The minimum Gasteiger partial charge on any atom is -0.204 e. The Kier molecular flexibility index (Phi) is 8.15. The Hall–Kier alpha value is -0.920. The molecule has 2 aliphatic carbocycles. The third-order valence-electron chi connectivity index (χ3n) is 7.27. The quantitative estimate of drug-likeness (QED) is 0.383. The summed E-state index contributed by atoms with van der Waals surface area (Å²) in [7, 11) is 0. The van der Waals surface area contributed by atoms with E-state index in [9.17, 15) is 8.78 Å². The van der Waals surface area contributed by atoms with Gasteiger partial charge in [0.2, 0.25) is 0 Å². The molecule has 0 aliphatic heterocycles. The van der Waals surface area contributed by atoms with Crippen LogP contribution in [0.15, 0.2) is 12.1 Å². The minimum absolute atomic E-state index is 0.546. The Morgan fingerprint density at radius 1 is 0.778 bits per heavy atom. The number of rotatable bonds is 9. The molecule has 2 aliphatic rings. The minimum atomic E-state index is -0.678. The van der Waals surface area contributed by atoms with Crippen molar-refractivity contribution in [3.05, 3.63) is 34.9 Å². The molecule has 1 saturated carbocycles. The van der Waals surface area contributed by atoms with E-state index < -0.39 is 11.6 Å². The third kappa shape index (κ3) is 6.03. The van der Waals surface area contributed by atoms with Gasteiger partial charge in [0.25, 0.3) is 0 Å². The third-order valence-corrected chi connectivity index (χ3v) is 7.27. The van der Waals surface area contributed by atoms with E-state index in [0.717, 1.165) is 36.7 Å². The second-order valence-corrected chi connectivity index (χ2v) is 9.27. The molecular weight excluding hydrogens is 338 g/mol. The van der Waals surface area contributed by atoms with Crippen molar-refractivity contribution in [2.24, 2.45) is 17.8 Å². The molecule has 27 heavy (non-hydrogen) atoms. The van der Waals surface area contributed by atoms with Gasteiger partial charge in [-0.05, 0) is 60.6 Å². The van der Waals surface area contributed by atoms with E-state index in [1.54, 1.807) is 6.07 Å². The van der Waals surface area contributed by atoms with Crippen molar-refractivity contribution < 1.29 is 8.78 Å². The molecule has 0 bridgehead atoms. The normalized spacial score (nSPS) is 25.4. The van der Waals surface area contributed by atoms with Crippen molar-refractivity contribution in [2.45, 2.75) is 103 Å². The number of aryl methyl sites for hydroxylation is 1. The number of hydrogen-bond donors (Lipinski definition) is 0. The molecule has 0 saturated heterocycles. The van der Waals surface area contributed by atoms with E-state index in [1.165, 1.54) is 83.1 Å². The fourth-order valence-corrected chi connectivity index (χ4v) is 5.40. The lowest BCUT2D eigenvalue weighted by Crippen LogP contribution is -2.19. The SMILES string of the molecule is CCCCCCCC1CCC(CCC2CCc3ccc(F)c(F)c3C2)CC1. The standard InChI is InChI=1S/C25H38F2/c1-2-3-4-5-6-7-19-8-10-20(11-9-19)12-13-21-14-15-22-16-17-24(26)25(27)23(22)18-21/h16-17,19-21H,2-15,18H2,1H3. The van der Waals surface area contributed by atoms with Gasteiger partial charge in [0.05, 0.1) is 0 Å². The maximum atomic E-state index is 14.1. The Balaban J connectivity index is 1.34. The summed E-state index contributed by atoms with van der Waals surface area (Å²) in [5.74, 6) is 1.13.